The van der Waals surface area contributed by atoms with Crippen molar-refractivity contribution in [1.29, 1.82) is 0 Å². The average molecular weight is 346 g/mol. The van der Waals surface area contributed by atoms with Crippen LogP contribution in [0.4, 0.5) is 0 Å². The number of rotatable bonds is 2. The third-order valence-corrected chi connectivity index (χ3v) is 5.86. The van der Waals surface area contributed by atoms with Gasteiger partial charge in [0.25, 0.3) is 5.91 Å². The highest BCUT2D eigenvalue weighted by atomic mass is 35.5. The van der Waals surface area contributed by atoms with Crippen LogP contribution >= 0.6 is 11.6 Å². The van der Waals surface area contributed by atoms with Crippen molar-refractivity contribution in [2.75, 3.05) is 6.54 Å². The molecule has 1 saturated carbocycles. The normalized spacial score (nSPS) is 28.9. The molecule has 0 bridgehead atoms. The summed E-state index contributed by atoms with van der Waals surface area (Å²) in [4.78, 5) is 12.3. The van der Waals surface area contributed by atoms with Gasteiger partial charge in [0.1, 0.15) is 5.56 Å². The fourth-order valence-electron chi connectivity index (χ4n) is 4.29. The highest BCUT2D eigenvalue weighted by molar-refractivity contribution is 6.30. The minimum Gasteiger partial charge on any atom is -0.360 e. The lowest BCUT2D eigenvalue weighted by Gasteiger charge is -2.45. The zero-order valence-corrected chi connectivity index (χ0v) is 14.3. The molecule has 3 N–H and O–H groups in total. The molecule has 0 saturated heterocycles. The number of halogens is 1. The van der Waals surface area contributed by atoms with E-state index in [9.17, 15) is 4.79 Å². The fraction of sp³-hybridized carbons (Fsp3) is 0.444. The minimum absolute atomic E-state index is 0.0759. The molecule has 1 amide bonds. The molecule has 4 rings (SSSR count). The van der Waals surface area contributed by atoms with E-state index in [4.69, 9.17) is 21.9 Å². The molecule has 2 aromatic rings. The van der Waals surface area contributed by atoms with Gasteiger partial charge in [-0.2, -0.15) is 0 Å². The number of benzene rings is 1. The second-order valence-electron chi connectivity index (χ2n) is 6.93. The van der Waals surface area contributed by atoms with Gasteiger partial charge in [0.05, 0.1) is 5.69 Å². The summed E-state index contributed by atoms with van der Waals surface area (Å²) in [5.41, 5.74) is 8.45. The van der Waals surface area contributed by atoms with E-state index in [-0.39, 0.29) is 23.3 Å². The predicted molar refractivity (Wildman–Crippen MR) is 91.3 cm³/mol. The van der Waals surface area contributed by atoms with Gasteiger partial charge in [-0.05, 0) is 43.9 Å². The van der Waals surface area contributed by atoms with Crippen molar-refractivity contribution in [3.05, 3.63) is 51.9 Å². The Balaban J connectivity index is 1.76. The molecule has 0 spiro atoms. The highest BCUT2D eigenvalue weighted by Crippen LogP contribution is 2.48. The number of hydrogen-bond acceptors (Lipinski definition) is 4. The number of aromatic nitrogens is 1. The lowest BCUT2D eigenvalue weighted by molar-refractivity contribution is 0.0862. The summed E-state index contributed by atoms with van der Waals surface area (Å²) in [5, 5.41) is 7.85. The Hall–Kier alpha value is -1.85. The van der Waals surface area contributed by atoms with Crippen molar-refractivity contribution < 1.29 is 9.32 Å². The minimum atomic E-state index is -0.161. The van der Waals surface area contributed by atoms with E-state index in [1.165, 1.54) is 0 Å². The molecule has 5 nitrogen and oxygen atoms in total. The van der Waals surface area contributed by atoms with Crippen LogP contribution in [0, 0.1) is 6.92 Å². The van der Waals surface area contributed by atoms with Gasteiger partial charge in [-0.25, -0.2) is 0 Å². The van der Waals surface area contributed by atoms with Gasteiger partial charge in [-0.1, -0.05) is 28.9 Å². The molecule has 2 aliphatic rings. The zero-order valence-electron chi connectivity index (χ0n) is 13.5. The average Bonchev–Trinajstić information content (AvgIpc) is 2.98. The molecule has 1 fully saturated rings. The highest BCUT2D eigenvalue weighted by Gasteiger charge is 2.47. The first-order valence-electron chi connectivity index (χ1n) is 8.27. The quantitative estimate of drug-likeness (QED) is 0.876. The van der Waals surface area contributed by atoms with Crippen LogP contribution in [0.15, 0.2) is 28.8 Å². The third kappa shape index (κ3) is 2.26. The van der Waals surface area contributed by atoms with Gasteiger partial charge < -0.3 is 15.6 Å². The number of nitrogens with one attached hydrogen (secondary N) is 1. The van der Waals surface area contributed by atoms with E-state index in [0.29, 0.717) is 23.6 Å². The number of nitrogens with zero attached hydrogens (tertiary/aromatic N) is 1. The van der Waals surface area contributed by atoms with E-state index < -0.39 is 0 Å². The van der Waals surface area contributed by atoms with Crippen molar-refractivity contribution >= 4 is 17.5 Å². The van der Waals surface area contributed by atoms with Crippen LogP contribution < -0.4 is 11.1 Å². The summed E-state index contributed by atoms with van der Waals surface area (Å²) < 4.78 is 5.55. The molecule has 3 atom stereocenters. The van der Waals surface area contributed by atoms with Gasteiger partial charge >= 0.3 is 0 Å². The molecular weight excluding hydrogens is 326 g/mol. The number of amides is 1. The largest absolute Gasteiger partial charge is 0.360 e. The molecule has 1 aromatic carbocycles. The van der Waals surface area contributed by atoms with Crippen LogP contribution in [-0.2, 0) is 5.41 Å². The monoisotopic (exact) mass is 345 g/mol. The summed E-state index contributed by atoms with van der Waals surface area (Å²) in [6.45, 7) is 2.34. The number of carbonyl (C=O) groups excluding carboxylic acids is 1. The topological polar surface area (TPSA) is 81.2 Å². The van der Waals surface area contributed by atoms with Crippen molar-refractivity contribution in [2.24, 2.45) is 5.73 Å². The van der Waals surface area contributed by atoms with Crippen molar-refractivity contribution in [3.8, 4) is 0 Å². The van der Waals surface area contributed by atoms with Crippen molar-refractivity contribution in [1.82, 2.24) is 10.5 Å². The Kier molecular flexibility index (Phi) is 3.66. The summed E-state index contributed by atoms with van der Waals surface area (Å²) in [5.74, 6) is 0.726. The Morgan fingerprint density at radius 2 is 2.33 bits per heavy atom. The molecule has 0 radical (unpaired) electrons. The van der Waals surface area contributed by atoms with Gasteiger partial charge in [-0.15, -0.1) is 0 Å². The molecular formula is C18H20ClN3O2. The lowest BCUT2D eigenvalue weighted by Crippen LogP contribution is -2.52. The Labute approximate surface area is 145 Å². The molecule has 1 aliphatic carbocycles. The molecule has 24 heavy (non-hydrogen) atoms. The van der Waals surface area contributed by atoms with E-state index >= 15 is 0 Å². The van der Waals surface area contributed by atoms with Crippen molar-refractivity contribution in [3.63, 3.8) is 0 Å². The molecule has 6 heteroatoms. The Bertz CT molecular complexity index is 803. The molecule has 1 aliphatic heterocycles. The number of hydrogen-bond donors (Lipinski definition) is 2. The first-order chi connectivity index (χ1) is 11.5. The second kappa shape index (κ2) is 5.60. The zero-order chi connectivity index (χ0) is 16.9. The van der Waals surface area contributed by atoms with Gasteiger partial charge in [0, 0.05) is 28.9 Å². The van der Waals surface area contributed by atoms with Gasteiger partial charge in [0.2, 0.25) is 0 Å². The smallest absolute Gasteiger partial charge is 0.257 e. The first-order valence-corrected chi connectivity index (χ1v) is 8.65. The van der Waals surface area contributed by atoms with Gasteiger partial charge in [0.15, 0.2) is 5.76 Å². The number of fused-ring (bicyclic) bond motifs is 3. The Morgan fingerprint density at radius 1 is 1.50 bits per heavy atom. The summed E-state index contributed by atoms with van der Waals surface area (Å²) in [6.07, 6.45) is 2.59. The summed E-state index contributed by atoms with van der Waals surface area (Å²) in [6, 6.07) is 8.01. The third-order valence-electron chi connectivity index (χ3n) is 5.63. The van der Waals surface area contributed by atoms with Crippen molar-refractivity contribution in [2.45, 2.75) is 43.6 Å². The van der Waals surface area contributed by atoms with Crippen LogP contribution in [-0.4, -0.2) is 23.7 Å². The van der Waals surface area contributed by atoms with E-state index in [2.05, 4.69) is 16.5 Å². The van der Waals surface area contributed by atoms with E-state index in [1.54, 1.807) is 6.92 Å². The number of carbonyl (C=O) groups is 1. The molecule has 1 aromatic heterocycles. The van der Waals surface area contributed by atoms with Crippen LogP contribution in [0.3, 0.4) is 0 Å². The van der Waals surface area contributed by atoms with Crippen LogP contribution in [0.25, 0.3) is 0 Å². The first kappa shape index (κ1) is 15.7. The number of nitrogens with two attached hydrogens (primary N) is 1. The Morgan fingerprint density at radius 3 is 3.08 bits per heavy atom. The maximum absolute atomic E-state index is 12.3. The van der Waals surface area contributed by atoms with Crippen LogP contribution in [0.2, 0.25) is 5.02 Å². The van der Waals surface area contributed by atoms with Crippen LogP contribution in [0.5, 0.6) is 0 Å². The SMILES string of the molecule is Cc1noc2c1C(=O)N[C@H]1CC[C@](CN)(c3cccc(Cl)c3)CC21. The standard InChI is InChI=1S/C18H20ClN3O2/c1-10-15-16(24-22-10)13-8-18(9-20,6-5-14(13)21-17(15)23)11-3-2-4-12(19)7-11/h2-4,7,13-14H,5-6,8-9,20H2,1H3,(H,21,23)/t13?,14-,18-/m0/s1. The number of aryl methyl sites for hydroxylation is 1. The lowest BCUT2D eigenvalue weighted by atomic mass is 9.62. The maximum atomic E-state index is 12.3. The van der Waals surface area contributed by atoms with Gasteiger partial charge in [-0.3, -0.25) is 4.79 Å². The van der Waals surface area contributed by atoms with E-state index in [0.717, 1.165) is 29.8 Å². The van der Waals surface area contributed by atoms with Crippen LogP contribution in [0.1, 0.15) is 52.6 Å². The predicted octanol–water partition coefficient (Wildman–Crippen LogP) is 2.91. The maximum Gasteiger partial charge on any atom is 0.257 e. The molecule has 1 unspecified atom stereocenters. The summed E-state index contributed by atoms with van der Waals surface area (Å²) in [7, 11) is 0. The van der Waals surface area contributed by atoms with E-state index in [1.807, 2.05) is 18.2 Å². The molecule has 126 valence electrons. The second-order valence-corrected chi connectivity index (χ2v) is 7.37. The summed E-state index contributed by atoms with van der Waals surface area (Å²) >= 11 is 6.20. The molecule has 2 heterocycles. The fourth-order valence-corrected chi connectivity index (χ4v) is 4.48.